The van der Waals surface area contributed by atoms with Crippen LogP contribution in [0.1, 0.15) is 41.5 Å². The van der Waals surface area contributed by atoms with Crippen LogP contribution in [0, 0.1) is 13.8 Å². The second-order valence-corrected chi connectivity index (χ2v) is 5.43. The summed E-state index contributed by atoms with van der Waals surface area (Å²) in [6.45, 7) is 4.02. The van der Waals surface area contributed by atoms with Gasteiger partial charge in [-0.05, 0) is 56.9 Å². The van der Waals surface area contributed by atoms with E-state index in [1.807, 2.05) is 26.0 Å². The van der Waals surface area contributed by atoms with Crippen molar-refractivity contribution in [1.29, 1.82) is 0 Å². The molecule has 1 aliphatic rings. The van der Waals surface area contributed by atoms with Crippen LogP contribution in [0.2, 0.25) is 0 Å². The summed E-state index contributed by atoms with van der Waals surface area (Å²) in [5.74, 6) is 0. The summed E-state index contributed by atoms with van der Waals surface area (Å²) in [6, 6.07) is 7.91. The van der Waals surface area contributed by atoms with E-state index in [-0.39, 0.29) is 11.6 Å². The minimum absolute atomic E-state index is 0.0161. The van der Waals surface area contributed by atoms with Gasteiger partial charge in [0.1, 0.15) is 0 Å². The Morgan fingerprint density at radius 1 is 1.25 bits per heavy atom. The van der Waals surface area contributed by atoms with Crippen LogP contribution in [0.3, 0.4) is 0 Å². The monoisotopic (exact) mass is 269 g/mol. The first kappa shape index (κ1) is 12.9. The summed E-state index contributed by atoms with van der Waals surface area (Å²) in [5.41, 5.74) is 5.37. The Morgan fingerprint density at radius 3 is 2.90 bits per heavy atom. The normalized spacial score (nSPS) is 17.6. The zero-order chi connectivity index (χ0) is 14.1. The van der Waals surface area contributed by atoms with Crippen molar-refractivity contribution in [2.24, 2.45) is 0 Å². The van der Waals surface area contributed by atoms with Gasteiger partial charge in [0.15, 0.2) is 0 Å². The molecule has 0 bridgehead atoms. The van der Waals surface area contributed by atoms with Crippen LogP contribution in [0.5, 0.6) is 0 Å². The van der Waals surface area contributed by atoms with Crippen LogP contribution in [0.15, 0.2) is 29.1 Å². The first-order valence-electron chi connectivity index (χ1n) is 7.06. The molecule has 2 N–H and O–H groups in total. The largest absolute Gasteiger partial charge is 0.377 e. The number of nitrogens with zero attached hydrogens (tertiary/aromatic N) is 1. The molecule has 0 saturated carbocycles. The third-order valence-corrected chi connectivity index (χ3v) is 3.89. The van der Waals surface area contributed by atoms with E-state index < -0.39 is 0 Å². The lowest BCUT2D eigenvalue weighted by Crippen LogP contribution is -2.22. The Labute approximate surface area is 118 Å². The van der Waals surface area contributed by atoms with Crippen molar-refractivity contribution >= 4 is 5.69 Å². The first-order valence-corrected chi connectivity index (χ1v) is 7.06. The number of fused-ring (bicyclic) bond motifs is 1. The van der Waals surface area contributed by atoms with Gasteiger partial charge in [0.2, 0.25) is 5.56 Å². The standard InChI is InChI=1S/C16H19N3O/c1-10-6-8-13(11(2)17-10)18-14-4-3-5-15-12(14)7-9-16(20)19-15/h6-9,14,18H,3-5H2,1-2H3,(H,19,20). The number of aromatic nitrogens is 2. The maximum absolute atomic E-state index is 11.4. The zero-order valence-corrected chi connectivity index (χ0v) is 11.9. The number of rotatable bonds is 2. The Morgan fingerprint density at radius 2 is 2.10 bits per heavy atom. The van der Waals surface area contributed by atoms with Crippen molar-refractivity contribution in [3.8, 4) is 0 Å². The average Bonchev–Trinajstić information content (AvgIpc) is 2.41. The highest BCUT2D eigenvalue weighted by molar-refractivity contribution is 5.50. The molecule has 20 heavy (non-hydrogen) atoms. The van der Waals surface area contributed by atoms with Crippen LogP contribution in [0.4, 0.5) is 5.69 Å². The van der Waals surface area contributed by atoms with Gasteiger partial charge in [-0.3, -0.25) is 9.78 Å². The molecule has 2 aromatic heterocycles. The van der Waals surface area contributed by atoms with E-state index in [4.69, 9.17) is 0 Å². The molecule has 104 valence electrons. The number of nitrogens with one attached hydrogen (secondary N) is 2. The van der Waals surface area contributed by atoms with E-state index in [0.29, 0.717) is 0 Å². The van der Waals surface area contributed by atoms with Gasteiger partial charge >= 0.3 is 0 Å². The second kappa shape index (κ2) is 5.12. The molecule has 0 spiro atoms. The van der Waals surface area contributed by atoms with E-state index in [1.54, 1.807) is 6.07 Å². The van der Waals surface area contributed by atoms with Gasteiger partial charge in [-0.25, -0.2) is 0 Å². The van der Waals surface area contributed by atoms with Crippen molar-refractivity contribution < 1.29 is 0 Å². The Hall–Kier alpha value is -2.10. The van der Waals surface area contributed by atoms with Crippen molar-refractivity contribution in [2.45, 2.75) is 39.2 Å². The Bertz CT molecular complexity index is 690. The summed E-state index contributed by atoms with van der Waals surface area (Å²) in [7, 11) is 0. The molecular formula is C16H19N3O. The van der Waals surface area contributed by atoms with E-state index in [9.17, 15) is 4.79 Å². The molecule has 1 unspecified atom stereocenters. The predicted molar refractivity (Wildman–Crippen MR) is 80.1 cm³/mol. The summed E-state index contributed by atoms with van der Waals surface area (Å²) < 4.78 is 0. The molecule has 3 rings (SSSR count). The van der Waals surface area contributed by atoms with Crippen molar-refractivity contribution in [1.82, 2.24) is 9.97 Å². The first-order chi connectivity index (χ1) is 9.63. The highest BCUT2D eigenvalue weighted by atomic mass is 16.1. The minimum Gasteiger partial charge on any atom is -0.377 e. The van der Waals surface area contributed by atoms with E-state index in [2.05, 4.69) is 21.4 Å². The van der Waals surface area contributed by atoms with Crippen LogP contribution in [0.25, 0.3) is 0 Å². The van der Waals surface area contributed by atoms with E-state index >= 15 is 0 Å². The summed E-state index contributed by atoms with van der Waals surface area (Å²) in [4.78, 5) is 18.9. The summed E-state index contributed by atoms with van der Waals surface area (Å²) >= 11 is 0. The zero-order valence-electron chi connectivity index (χ0n) is 11.9. The van der Waals surface area contributed by atoms with E-state index in [0.717, 1.165) is 42.0 Å². The highest BCUT2D eigenvalue weighted by Crippen LogP contribution is 2.31. The van der Waals surface area contributed by atoms with Gasteiger partial charge in [0.05, 0.1) is 17.4 Å². The van der Waals surface area contributed by atoms with E-state index in [1.165, 1.54) is 5.56 Å². The van der Waals surface area contributed by atoms with Gasteiger partial charge in [-0.1, -0.05) is 0 Å². The molecule has 0 radical (unpaired) electrons. The maximum Gasteiger partial charge on any atom is 0.248 e. The second-order valence-electron chi connectivity index (χ2n) is 5.43. The lowest BCUT2D eigenvalue weighted by molar-refractivity contribution is 0.586. The minimum atomic E-state index is -0.0161. The molecule has 1 atom stereocenters. The highest BCUT2D eigenvalue weighted by Gasteiger charge is 2.21. The summed E-state index contributed by atoms with van der Waals surface area (Å²) in [5, 5.41) is 3.57. The number of hydrogen-bond acceptors (Lipinski definition) is 3. The van der Waals surface area contributed by atoms with Crippen molar-refractivity contribution in [3.63, 3.8) is 0 Å². The number of H-pyrrole nitrogens is 1. The van der Waals surface area contributed by atoms with Gasteiger partial charge < -0.3 is 10.3 Å². The number of aromatic amines is 1. The molecule has 0 aromatic carbocycles. The quantitative estimate of drug-likeness (QED) is 0.881. The smallest absolute Gasteiger partial charge is 0.248 e. The molecule has 1 aliphatic carbocycles. The fourth-order valence-electron chi connectivity index (χ4n) is 2.88. The van der Waals surface area contributed by atoms with Crippen LogP contribution < -0.4 is 10.9 Å². The number of hydrogen-bond donors (Lipinski definition) is 2. The number of anilines is 1. The fraction of sp³-hybridized carbons (Fsp3) is 0.375. The molecule has 2 aromatic rings. The molecule has 0 amide bonds. The average molecular weight is 269 g/mol. The molecule has 0 saturated heterocycles. The maximum atomic E-state index is 11.4. The van der Waals surface area contributed by atoms with Gasteiger partial charge in [-0.2, -0.15) is 0 Å². The molecule has 4 nitrogen and oxygen atoms in total. The molecule has 0 fully saturated rings. The lowest BCUT2D eigenvalue weighted by atomic mass is 9.91. The van der Waals surface area contributed by atoms with Gasteiger partial charge in [0.25, 0.3) is 0 Å². The summed E-state index contributed by atoms with van der Waals surface area (Å²) in [6.07, 6.45) is 3.12. The lowest BCUT2D eigenvalue weighted by Gasteiger charge is -2.27. The molecule has 2 heterocycles. The van der Waals surface area contributed by atoms with Crippen molar-refractivity contribution in [3.05, 3.63) is 57.3 Å². The van der Waals surface area contributed by atoms with Crippen molar-refractivity contribution in [2.75, 3.05) is 5.32 Å². The van der Waals surface area contributed by atoms with Gasteiger partial charge in [-0.15, -0.1) is 0 Å². The SMILES string of the molecule is Cc1ccc(NC2CCCc3[nH]c(=O)ccc32)c(C)n1. The number of aryl methyl sites for hydroxylation is 3. The van der Waals surface area contributed by atoms with Gasteiger partial charge in [0, 0.05) is 17.5 Å². The molecular weight excluding hydrogens is 250 g/mol. The third-order valence-electron chi connectivity index (χ3n) is 3.89. The Balaban J connectivity index is 1.91. The predicted octanol–water partition coefficient (Wildman–Crippen LogP) is 2.88. The fourth-order valence-corrected chi connectivity index (χ4v) is 2.88. The number of pyridine rings is 2. The topological polar surface area (TPSA) is 57.8 Å². The third kappa shape index (κ3) is 2.46. The van der Waals surface area contributed by atoms with Crippen LogP contribution >= 0.6 is 0 Å². The molecule has 0 aliphatic heterocycles. The van der Waals surface area contributed by atoms with Crippen LogP contribution in [-0.4, -0.2) is 9.97 Å². The molecule has 4 heteroatoms. The van der Waals surface area contributed by atoms with Crippen LogP contribution in [-0.2, 0) is 6.42 Å². The Kier molecular flexibility index (Phi) is 3.30.